The molecule has 130 valence electrons. The molecule has 24 heavy (non-hydrogen) atoms. The monoisotopic (exact) mass is 346 g/mol. The number of hydrogen-bond donors (Lipinski definition) is 1. The molecule has 4 nitrogen and oxygen atoms in total. The summed E-state index contributed by atoms with van der Waals surface area (Å²) in [6.45, 7) is 5.79. The molecule has 0 radical (unpaired) electrons. The maximum Gasteiger partial charge on any atom is 0.252 e. The molecule has 1 aliphatic heterocycles. The largest absolute Gasteiger partial charge is 0.349 e. The number of benzene rings is 1. The highest BCUT2D eigenvalue weighted by Crippen LogP contribution is 2.32. The van der Waals surface area contributed by atoms with E-state index in [9.17, 15) is 9.59 Å². The maximum atomic E-state index is 12.6. The SMILES string of the molecule is CC(C)Sc1ccccc1C(=O)NC1CCN(C(=O)C2CC2)CC1. The van der Waals surface area contributed by atoms with Crippen molar-refractivity contribution in [1.82, 2.24) is 10.2 Å². The second-order valence-corrected chi connectivity index (χ2v) is 8.63. The molecule has 0 unspecified atom stereocenters. The third kappa shape index (κ3) is 4.32. The molecule has 1 saturated heterocycles. The molecule has 1 aliphatic carbocycles. The number of carbonyl (C=O) groups is 2. The fourth-order valence-corrected chi connectivity index (χ4v) is 4.06. The first-order valence-electron chi connectivity index (χ1n) is 8.90. The lowest BCUT2D eigenvalue weighted by Crippen LogP contribution is -2.47. The summed E-state index contributed by atoms with van der Waals surface area (Å²) in [6, 6.07) is 7.96. The van der Waals surface area contributed by atoms with Gasteiger partial charge in [-0.3, -0.25) is 9.59 Å². The number of carbonyl (C=O) groups excluding carboxylic acids is 2. The zero-order chi connectivity index (χ0) is 17.1. The van der Waals surface area contributed by atoms with Gasteiger partial charge in [0.1, 0.15) is 0 Å². The van der Waals surface area contributed by atoms with Crippen LogP contribution < -0.4 is 5.32 Å². The summed E-state index contributed by atoms with van der Waals surface area (Å²) in [4.78, 5) is 27.7. The van der Waals surface area contributed by atoms with Crippen LogP contribution >= 0.6 is 11.8 Å². The van der Waals surface area contributed by atoms with Gasteiger partial charge in [0.25, 0.3) is 5.91 Å². The van der Waals surface area contributed by atoms with Gasteiger partial charge < -0.3 is 10.2 Å². The molecule has 3 rings (SSSR count). The third-order valence-electron chi connectivity index (χ3n) is 4.56. The highest BCUT2D eigenvalue weighted by molar-refractivity contribution is 8.00. The molecule has 2 aliphatic rings. The van der Waals surface area contributed by atoms with Crippen LogP contribution in [0, 0.1) is 5.92 Å². The number of thioether (sulfide) groups is 1. The van der Waals surface area contributed by atoms with Gasteiger partial charge in [-0.25, -0.2) is 0 Å². The minimum Gasteiger partial charge on any atom is -0.349 e. The van der Waals surface area contributed by atoms with Crippen LogP contribution in [0.4, 0.5) is 0 Å². The maximum absolute atomic E-state index is 12.6. The van der Waals surface area contributed by atoms with Crippen LogP contribution in [0.25, 0.3) is 0 Å². The highest BCUT2D eigenvalue weighted by atomic mass is 32.2. The molecule has 1 heterocycles. The normalized spacial score (nSPS) is 18.7. The molecule has 0 bridgehead atoms. The van der Waals surface area contributed by atoms with Crippen LogP contribution in [0.3, 0.4) is 0 Å². The predicted octanol–water partition coefficient (Wildman–Crippen LogP) is 3.32. The van der Waals surface area contributed by atoms with Gasteiger partial charge >= 0.3 is 0 Å². The molecule has 0 spiro atoms. The minimum absolute atomic E-state index is 0.00530. The van der Waals surface area contributed by atoms with Crippen molar-refractivity contribution in [3.05, 3.63) is 29.8 Å². The molecule has 0 atom stereocenters. The lowest BCUT2D eigenvalue weighted by molar-refractivity contribution is -0.133. The second-order valence-electron chi connectivity index (χ2n) is 7.01. The number of nitrogens with zero attached hydrogens (tertiary/aromatic N) is 1. The van der Waals surface area contributed by atoms with E-state index in [0.717, 1.165) is 49.2 Å². The summed E-state index contributed by atoms with van der Waals surface area (Å²) in [5.41, 5.74) is 0.757. The van der Waals surface area contributed by atoms with Gasteiger partial charge in [0, 0.05) is 35.2 Å². The molecule has 1 N–H and O–H groups in total. The van der Waals surface area contributed by atoms with Crippen LogP contribution in [-0.2, 0) is 4.79 Å². The Labute approximate surface area is 148 Å². The molecule has 1 aromatic rings. The van der Waals surface area contributed by atoms with Crippen molar-refractivity contribution < 1.29 is 9.59 Å². The molecule has 1 aromatic carbocycles. The van der Waals surface area contributed by atoms with E-state index in [2.05, 4.69) is 19.2 Å². The van der Waals surface area contributed by atoms with E-state index >= 15 is 0 Å². The number of rotatable bonds is 5. The average molecular weight is 346 g/mol. The van der Waals surface area contributed by atoms with Crippen molar-refractivity contribution in [2.75, 3.05) is 13.1 Å². The van der Waals surface area contributed by atoms with Crippen LogP contribution in [-0.4, -0.2) is 41.1 Å². The summed E-state index contributed by atoms with van der Waals surface area (Å²) in [7, 11) is 0. The first-order chi connectivity index (χ1) is 11.5. The van der Waals surface area contributed by atoms with Gasteiger partial charge in [0.15, 0.2) is 0 Å². The standard InChI is InChI=1S/C19H26N2O2S/c1-13(2)24-17-6-4-3-5-16(17)18(22)20-15-9-11-21(12-10-15)19(23)14-7-8-14/h3-6,13-15H,7-12H2,1-2H3,(H,20,22). The molecular weight excluding hydrogens is 320 g/mol. The molecule has 2 fully saturated rings. The molecule has 5 heteroatoms. The van der Waals surface area contributed by atoms with E-state index < -0.39 is 0 Å². The van der Waals surface area contributed by atoms with Gasteiger partial charge in [-0.15, -0.1) is 11.8 Å². The summed E-state index contributed by atoms with van der Waals surface area (Å²) in [5.74, 6) is 0.611. The molecule has 2 amide bonds. The third-order valence-corrected chi connectivity index (χ3v) is 5.64. The van der Waals surface area contributed by atoms with E-state index in [1.807, 2.05) is 29.2 Å². The summed E-state index contributed by atoms with van der Waals surface area (Å²) >= 11 is 1.72. The Morgan fingerprint density at radius 3 is 2.42 bits per heavy atom. The van der Waals surface area contributed by atoms with Crippen LogP contribution in [0.1, 0.15) is 49.9 Å². The number of hydrogen-bond acceptors (Lipinski definition) is 3. The second kappa shape index (κ2) is 7.60. The van der Waals surface area contributed by atoms with Crippen LogP contribution in [0.5, 0.6) is 0 Å². The number of nitrogens with one attached hydrogen (secondary N) is 1. The average Bonchev–Trinajstić information content (AvgIpc) is 3.40. The quantitative estimate of drug-likeness (QED) is 0.832. The van der Waals surface area contributed by atoms with Gasteiger partial charge in [-0.05, 0) is 37.8 Å². The Bertz CT molecular complexity index is 605. The van der Waals surface area contributed by atoms with E-state index in [4.69, 9.17) is 0 Å². The van der Waals surface area contributed by atoms with E-state index in [-0.39, 0.29) is 17.9 Å². The van der Waals surface area contributed by atoms with Crippen LogP contribution in [0.2, 0.25) is 0 Å². The molecule has 0 aromatic heterocycles. The first-order valence-corrected chi connectivity index (χ1v) is 9.78. The fraction of sp³-hybridized carbons (Fsp3) is 0.579. The zero-order valence-electron chi connectivity index (χ0n) is 14.5. The first kappa shape index (κ1) is 17.3. The number of likely N-dealkylation sites (tertiary alicyclic amines) is 1. The van der Waals surface area contributed by atoms with E-state index in [0.29, 0.717) is 11.2 Å². The molecule has 1 saturated carbocycles. The highest BCUT2D eigenvalue weighted by Gasteiger charge is 2.35. The van der Waals surface area contributed by atoms with Crippen molar-refractivity contribution in [3.63, 3.8) is 0 Å². The summed E-state index contributed by atoms with van der Waals surface area (Å²) in [5, 5.41) is 3.60. The topological polar surface area (TPSA) is 49.4 Å². The zero-order valence-corrected chi connectivity index (χ0v) is 15.3. The Kier molecular flexibility index (Phi) is 5.49. The number of piperidine rings is 1. The van der Waals surface area contributed by atoms with Gasteiger partial charge in [-0.2, -0.15) is 0 Å². The minimum atomic E-state index is 0.00530. The molecular formula is C19H26N2O2S. The predicted molar refractivity (Wildman–Crippen MR) is 97.2 cm³/mol. The Morgan fingerprint density at radius 2 is 1.79 bits per heavy atom. The van der Waals surface area contributed by atoms with E-state index in [1.54, 1.807) is 11.8 Å². The van der Waals surface area contributed by atoms with Crippen molar-refractivity contribution in [3.8, 4) is 0 Å². The summed E-state index contributed by atoms with van der Waals surface area (Å²) in [6.07, 6.45) is 3.81. The van der Waals surface area contributed by atoms with Crippen molar-refractivity contribution in [1.29, 1.82) is 0 Å². The lowest BCUT2D eigenvalue weighted by atomic mass is 10.0. The van der Waals surface area contributed by atoms with Crippen LogP contribution in [0.15, 0.2) is 29.2 Å². The summed E-state index contributed by atoms with van der Waals surface area (Å²) < 4.78 is 0. The van der Waals surface area contributed by atoms with Gasteiger partial charge in [-0.1, -0.05) is 26.0 Å². The van der Waals surface area contributed by atoms with Gasteiger partial charge in [0.05, 0.1) is 5.56 Å². The Hall–Kier alpha value is -1.49. The number of amides is 2. The smallest absolute Gasteiger partial charge is 0.252 e. The lowest BCUT2D eigenvalue weighted by Gasteiger charge is -2.32. The van der Waals surface area contributed by atoms with Gasteiger partial charge in [0.2, 0.25) is 5.91 Å². The van der Waals surface area contributed by atoms with Crippen molar-refractivity contribution >= 4 is 23.6 Å². The Balaban J connectivity index is 1.55. The Morgan fingerprint density at radius 1 is 1.12 bits per heavy atom. The van der Waals surface area contributed by atoms with E-state index in [1.165, 1.54) is 0 Å². The van der Waals surface area contributed by atoms with Crippen molar-refractivity contribution in [2.45, 2.75) is 55.7 Å². The van der Waals surface area contributed by atoms with Crippen molar-refractivity contribution in [2.24, 2.45) is 5.92 Å². The fourth-order valence-electron chi connectivity index (χ4n) is 3.11.